The van der Waals surface area contributed by atoms with E-state index in [1.807, 2.05) is 12.3 Å². The average molecular weight is 460 g/mol. The molecule has 2 heterocycles. The first-order valence-corrected chi connectivity index (χ1v) is 9.29. The van der Waals surface area contributed by atoms with Gasteiger partial charge in [-0.1, -0.05) is 19.9 Å². The van der Waals surface area contributed by atoms with Crippen LogP contribution in [0.3, 0.4) is 0 Å². The smallest absolute Gasteiger partial charge is 0.250 e. The number of likely N-dealkylation sites (tertiary alicyclic amines) is 1. The van der Waals surface area contributed by atoms with Gasteiger partial charge in [0.15, 0.2) is 5.96 Å². The largest absolute Gasteiger partial charge is 0.357 e. The Morgan fingerprint density at radius 1 is 1.24 bits per heavy atom. The van der Waals surface area contributed by atoms with E-state index in [0.29, 0.717) is 0 Å². The SMILES string of the molecule is CCNC(=NCCCCn1ccccc1=O)N1CC(C)CC(C)C1.I. The first-order valence-electron chi connectivity index (χ1n) is 9.29. The van der Waals surface area contributed by atoms with Crippen LogP contribution in [0.5, 0.6) is 0 Å². The summed E-state index contributed by atoms with van der Waals surface area (Å²) in [5.74, 6) is 2.50. The van der Waals surface area contributed by atoms with E-state index in [2.05, 4.69) is 31.0 Å². The van der Waals surface area contributed by atoms with Crippen molar-refractivity contribution in [2.24, 2.45) is 16.8 Å². The van der Waals surface area contributed by atoms with Crippen molar-refractivity contribution in [3.05, 3.63) is 34.7 Å². The molecule has 0 saturated carbocycles. The zero-order valence-corrected chi connectivity index (χ0v) is 18.1. The normalized spacial score (nSPS) is 20.9. The summed E-state index contributed by atoms with van der Waals surface area (Å²) in [4.78, 5) is 18.9. The van der Waals surface area contributed by atoms with Crippen molar-refractivity contribution in [2.45, 2.75) is 46.6 Å². The summed E-state index contributed by atoms with van der Waals surface area (Å²) >= 11 is 0. The lowest BCUT2D eigenvalue weighted by atomic mass is 9.92. The van der Waals surface area contributed by atoms with Crippen LogP contribution in [-0.2, 0) is 6.54 Å². The number of nitrogens with zero attached hydrogens (tertiary/aromatic N) is 3. The van der Waals surface area contributed by atoms with Gasteiger partial charge in [-0.2, -0.15) is 0 Å². The summed E-state index contributed by atoms with van der Waals surface area (Å²) in [7, 11) is 0. The quantitative estimate of drug-likeness (QED) is 0.307. The summed E-state index contributed by atoms with van der Waals surface area (Å²) in [5, 5.41) is 3.43. The number of aryl methyl sites for hydroxylation is 1. The Morgan fingerprint density at radius 2 is 1.96 bits per heavy atom. The van der Waals surface area contributed by atoms with Gasteiger partial charge in [-0.15, -0.1) is 24.0 Å². The molecular weight excluding hydrogens is 427 g/mol. The van der Waals surface area contributed by atoms with Crippen LogP contribution >= 0.6 is 24.0 Å². The third-order valence-corrected chi connectivity index (χ3v) is 4.47. The van der Waals surface area contributed by atoms with Gasteiger partial charge >= 0.3 is 0 Å². The number of unbranched alkanes of at least 4 members (excludes halogenated alkanes) is 1. The monoisotopic (exact) mass is 460 g/mol. The van der Waals surface area contributed by atoms with E-state index in [4.69, 9.17) is 4.99 Å². The van der Waals surface area contributed by atoms with Gasteiger partial charge in [-0.25, -0.2) is 0 Å². The summed E-state index contributed by atoms with van der Waals surface area (Å²) in [6.07, 6.45) is 5.13. The van der Waals surface area contributed by atoms with Crippen LogP contribution < -0.4 is 10.9 Å². The number of aromatic nitrogens is 1. The van der Waals surface area contributed by atoms with E-state index >= 15 is 0 Å². The van der Waals surface area contributed by atoms with E-state index in [-0.39, 0.29) is 29.5 Å². The fourth-order valence-electron chi connectivity index (χ4n) is 3.49. The Labute approximate surface area is 168 Å². The molecule has 0 spiro atoms. The molecule has 2 atom stereocenters. The fourth-order valence-corrected chi connectivity index (χ4v) is 3.49. The zero-order chi connectivity index (χ0) is 17.4. The van der Waals surface area contributed by atoms with Crippen LogP contribution in [-0.4, -0.2) is 41.6 Å². The molecule has 0 aromatic carbocycles. The van der Waals surface area contributed by atoms with E-state index in [1.165, 1.54) is 6.42 Å². The highest BCUT2D eigenvalue weighted by Gasteiger charge is 2.23. The molecule has 25 heavy (non-hydrogen) atoms. The fraction of sp³-hybridized carbons (Fsp3) is 0.684. The van der Waals surface area contributed by atoms with Crippen LogP contribution in [0.1, 0.15) is 40.0 Å². The molecule has 0 amide bonds. The van der Waals surface area contributed by atoms with Gasteiger partial charge in [-0.05, 0) is 44.1 Å². The number of hydrogen-bond donors (Lipinski definition) is 1. The Balaban J connectivity index is 0.00000312. The lowest BCUT2D eigenvalue weighted by Crippen LogP contribution is -2.48. The number of hydrogen-bond acceptors (Lipinski definition) is 2. The second kappa shape index (κ2) is 11.5. The van der Waals surface area contributed by atoms with Crippen LogP contribution in [0.15, 0.2) is 34.2 Å². The van der Waals surface area contributed by atoms with Gasteiger partial charge in [0.05, 0.1) is 0 Å². The molecule has 1 fully saturated rings. The van der Waals surface area contributed by atoms with Gasteiger partial charge in [0.25, 0.3) is 0 Å². The Hall–Kier alpha value is -1.05. The minimum absolute atomic E-state index is 0. The molecule has 0 bridgehead atoms. The van der Waals surface area contributed by atoms with Crippen LogP contribution in [0, 0.1) is 11.8 Å². The molecule has 0 radical (unpaired) electrons. The van der Waals surface area contributed by atoms with E-state index in [9.17, 15) is 4.79 Å². The van der Waals surface area contributed by atoms with E-state index in [0.717, 1.165) is 63.4 Å². The minimum Gasteiger partial charge on any atom is -0.357 e. The summed E-state index contributed by atoms with van der Waals surface area (Å²) < 4.78 is 1.77. The molecule has 1 aliphatic heterocycles. The topological polar surface area (TPSA) is 49.6 Å². The number of nitrogens with one attached hydrogen (secondary N) is 1. The molecule has 1 saturated heterocycles. The molecule has 1 aromatic heterocycles. The summed E-state index contributed by atoms with van der Waals surface area (Å²) in [5.41, 5.74) is 0.0747. The van der Waals surface area contributed by atoms with Crippen molar-refractivity contribution in [1.82, 2.24) is 14.8 Å². The number of pyridine rings is 1. The number of guanidine groups is 1. The molecule has 1 aliphatic rings. The highest BCUT2D eigenvalue weighted by atomic mass is 127. The second-order valence-corrected chi connectivity index (χ2v) is 7.03. The predicted octanol–water partition coefficient (Wildman–Crippen LogP) is 3.19. The first-order chi connectivity index (χ1) is 11.6. The van der Waals surface area contributed by atoms with E-state index in [1.54, 1.807) is 16.7 Å². The van der Waals surface area contributed by atoms with Gasteiger partial charge in [0.2, 0.25) is 5.56 Å². The maximum absolute atomic E-state index is 11.7. The third-order valence-electron chi connectivity index (χ3n) is 4.47. The Bertz CT molecular complexity index is 577. The van der Waals surface area contributed by atoms with Gasteiger partial charge in [0.1, 0.15) is 0 Å². The Morgan fingerprint density at radius 3 is 2.60 bits per heavy atom. The van der Waals surface area contributed by atoms with Crippen LogP contribution in [0.4, 0.5) is 0 Å². The zero-order valence-electron chi connectivity index (χ0n) is 15.8. The van der Waals surface area contributed by atoms with Crippen molar-refractivity contribution in [2.75, 3.05) is 26.2 Å². The third kappa shape index (κ3) is 7.38. The predicted molar refractivity (Wildman–Crippen MR) is 116 cm³/mol. The molecule has 6 heteroatoms. The second-order valence-electron chi connectivity index (χ2n) is 7.03. The molecule has 142 valence electrons. The Kier molecular flexibility index (Phi) is 10.2. The van der Waals surface area contributed by atoms with Crippen LogP contribution in [0.2, 0.25) is 0 Å². The lowest BCUT2D eigenvalue weighted by molar-refractivity contribution is 0.208. The number of aliphatic imine (C=N–C) groups is 1. The van der Waals surface area contributed by atoms with Gasteiger partial charge < -0.3 is 14.8 Å². The summed E-state index contributed by atoms with van der Waals surface area (Å²) in [6, 6.07) is 5.30. The van der Waals surface area contributed by atoms with Crippen LogP contribution in [0.25, 0.3) is 0 Å². The van der Waals surface area contributed by atoms with Crippen molar-refractivity contribution >= 4 is 29.9 Å². The maximum Gasteiger partial charge on any atom is 0.250 e. The number of halogens is 1. The standard InChI is InChI=1S/C19H32N4O.HI/c1-4-20-19(23-14-16(2)13-17(3)15-23)21-10-6-8-12-22-11-7-5-9-18(22)24;/h5,7,9,11,16-17H,4,6,8,10,12-15H2,1-3H3,(H,20,21);1H. The molecule has 2 unspecified atom stereocenters. The first kappa shape index (κ1) is 22.0. The molecule has 2 rings (SSSR count). The molecule has 1 aromatic rings. The molecular formula is C19H33IN4O. The minimum atomic E-state index is 0. The highest BCUT2D eigenvalue weighted by molar-refractivity contribution is 14.0. The van der Waals surface area contributed by atoms with Crippen molar-refractivity contribution in [1.29, 1.82) is 0 Å². The van der Waals surface area contributed by atoms with Crippen molar-refractivity contribution in [3.63, 3.8) is 0 Å². The van der Waals surface area contributed by atoms with Gasteiger partial charge in [0, 0.05) is 45.0 Å². The average Bonchev–Trinajstić information content (AvgIpc) is 2.54. The number of rotatable bonds is 6. The molecule has 5 nitrogen and oxygen atoms in total. The highest BCUT2D eigenvalue weighted by Crippen LogP contribution is 2.20. The molecule has 0 aliphatic carbocycles. The molecule has 1 N–H and O–H groups in total. The van der Waals surface area contributed by atoms with E-state index < -0.39 is 0 Å². The lowest BCUT2D eigenvalue weighted by Gasteiger charge is -2.37. The van der Waals surface area contributed by atoms with Crippen molar-refractivity contribution < 1.29 is 0 Å². The van der Waals surface area contributed by atoms with Gasteiger partial charge in [-0.3, -0.25) is 9.79 Å². The maximum atomic E-state index is 11.7. The summed E-state index contributed by atoms with van der Waals surface area (Å²) in [6.45, 7) is 11.4. The van der Waals surface area contributed by atoms with Crippen molar-refractivity contribution in [3.8, 4) is 0 Å². The number of piperidine rings is 1.